The van der Waals surface area contributed by atoms with Crippen molar-refractivity contribution in [3.8, 4) is 17.0 Å². The van der Waals surface area contributed by atoms with Crippen molar-refractivity contribution >= 4 is 33.3 Å². The topological polar surface area (TPSA) is 91.5 Å². The molecule has 0 radical (unpaired) electrons. The van der Waals surface area contributed by atoms with Gasteiger partial charge < -0.3 is 15.7 Å². The molecular weight excluding hydrogens is 422 g/mol. The Bertz CT molecular complexity index is 997. The maximum absolute atomic E-state index is 12.1. The molecule has 2 heterocycles. The lowest BCUT2D eigenvalue weighted by Gasteiger charge is -2.13. The SMILES string of the molecule is O=C(NCCNc1cc(-c2ccccc2O)nc2c(Br)cnn12)C1CCCC1. The summed E-state index contributed by atoms with van der Waals surface area (Å²) in [5.74, 6) is 1.23. The summed E-state index contributed by atoms with van der Waals surface area (Å²) in [7, 11) is 0. The standard InChI is InChI=1S/C20H22BrN5O2/c21-15-12-24-26-18(22-9-10-23-20(28)13-5-1-2-6-13)11-16(25-19(15)26)14-7-3-4-8-17(14)27/h3-4,7-8,11-13,22,27H,1-2,5-6,9-10H2,(H,23,28). The quantitative estimate of drug-likeness (QED) is 0.506. The molecule has 1 amide bonds. The number of fused-ring (bicyclic) bond motifs is 1. The number of nitrogens with one attached hydrogen (secondary N) is 2. The van der Waals surface area contributed by atoms with Gasteiger partial charge in [0.1, 0.15) is 11.6 Å². The molecule has 0 spiro atoms. The van der Waals surface area contributed by atoms with Gasteiger partial charge in [-0.3, -0.25) is 4.79 Å². The second kappa shape index (κ2) is 8.18. The van der Waals surface area contributed by atoms with E-state index in [1.54, 1.807) is 22.8 Å². The van der Waals surface area contributed by atoms with E-state index < -0.39 is 0 Å². The number of aromatic hydroxyl groups is 1. The predicted octanol–water partition coefficient (Wildman–Crippen LogP) is 3.58. The van der Waals surface area contributed by atoms with Crippen LogP contribution in [0, 0.1) is 5.92 Å². The highest BCUT2D eigenvalue weighted by molar-refractivity contribution is 9.10. The molecule has 7 nitrogen and oxygen atoms in total. The van der Waals surface area contributed by atoms with Crippen molar-refractivity contribution in [3.63, 3.8) is 0 Å². The molecule has 3 aromatic rings. The van der Waals surface area contributed by atoms with E-state index in [4.69, 9.17) is 0 Å². The van der Waals surface area contributed by atoms with Gasteiger partial charge in [-0.25, -0.2) is 4.98 Å². The zero-order valence-corrected chi connectivity index (χ0v) is 16.9. The van der Waals surface area contributed by atoms with Crippen LogP contribution in [0.5, 0.6) is 5.75 Å². The third-order valence-corrected chi connectivity index (χ3v) is 5.62. The summed E-state index contributed by atoms with van der Waals surface area (Å²) in [6.45, 7) is 1.10. The Kier molecular flexibility index (Phi) is 5.47. The summed E-state index contributed by atoms with van der Waals surface area (Å²) < 4.78 is 2.47. The van der Waals surface area contributed by atoms with E-state index in [1.165, 1.54) is 0 Å². The fourth-order valence-electron chi connectivity index (χ4n) is 3.60. The highest BCUT2D eigenvalue weighted by Gasteiger charge is 2.22. The number of hydrogen-bond acceptors (Lipinski definition) is 5. The second-order valence-corrected chi connectivity index (χ2v) is 7.83. The molecule has 146 valence electrons. The lowest BCUT2D eigenvalue weighted by atomic mass is 10.1. The largest absolute Gasteiger partial charge is 0.507 e. The molecule has 1 aliphatic carbocycles. The van der Waals surface area contributed by atoms with Crippen LogP contribution < -0.4 is 10.6 Å². The van der Waals surface area contributed by atoms with Gasteiger partial charge in [0.25, 0.3) is 0 Å². The van der Waals surface area contributed by atoms with Gasteiger partial charge in [0.05, 0.1) is 16.4 Å². The van der Waals surface area contributed by atoms with Crippen molar-refractivity contribution in [3.05, 3.63) is 41.0 Å². The number of hydrogen-bond donors (Lipinski definition) is 3. The van der Waals surface area contributed by atoms with Crippen molar-refractivity contribution in [1.29, 1.82) is 0 Å². The minimum absolute atomic E-state index is 0.149. The van der Waals surface area contributed by atoms with Gasteiger partial charge in [0, 0.05) is 30.6 Å². The summed E-state index contributed by atoms with van der Waals surface area (Å²) in [6.07, 6.45) is 5.97. The molecule has 0 saturated heterocycles. The zero-order valence-electron chi connectivity index (χ0n) is 15.4. The first kappa shape index (κ1) is 18.7. The van der Waals surface area contributed by atoms with Crippen LogP contribution in [0.1, 0.15) is 25.7 Å². The van der Waals surface area contributed by atoms with Crippen LogP contribution in [0.25, 0.3) is 16.9 Å². The molecule has 1 fully saturated rings. The average molecular weight is 444 g/mol. The first-order chi connectivity index (χ1) is 13.6. The number of carbonyl (C=O) groups excluding carboxylic acids is 1. The van der Waals surface area contributed by atoms with E-state index in [0.29, 0.717) is 30.0 Å². The lowest BCUT2D eigenvalue weighted by molar-refractivity contribution is -0.124. The maximum Gasteiger partial charge on any atom is 0.223 e. The van der Waals surface area contributed by atoms with Crippen molar-refractivity contribution in [2.24, 2.45) is 5.92 Å². The minimum Gasteiger partial charge on any atom is -0.507 e. The molecule has 0 bridgehead atoms. The number of anilines is 1. The number of phenols is 1. The van der Waals surface area contributed by atoms with Crippen LogP contribution in [0.15, 0.2) is 41.0 Å². The molecule has 1 saturated carbocycles. The van der Waals surface area contributed by atoms with Gasteiger partial charge in [0.15, 0.2) is 5.65 Å². The maximum atomic E-state index is 12.1. The third-order valence-electron chi connectivity index (χ3n) is 5.07. The van der Waals surface area contributed by atoms with Gasteiger partial charge in [-0.2, -0.15) is 9.61 Å². The number of rotatable bonds is 6. The summed E-state index contributed by atoms with van der Waals surface area (Å²) in [4.78, 5) is 16.8. The van der Waals surface area contributed by atoms with E-state index in [9.17, 15) is 9.90 Å². The van der Waals surface area contributed by atoms with Crippen LogP contribution in [-0.4, -0.2) is 38.7 Å². The third kappa shape index (κ3) is 3.82. The summed E-state index contributed by atoms with van der Waals surface area (Å²) in [5.41, 5.74) is 1.94. The van der Waals surface area contributed by atoms with Gasteiger partial charge in [-0.05, 0) is 40.9 Å². The highest BCUT2D eigenvalue weighted by Crippen LogP contribution is 2.31. The van der Waals surface area contributed by atoms with Crippen molar-refractivity contribution < 1.29 is 9.90 Å². The second-order valence-electron chi connectivity index (χ2n) is 6.97. The molecular formula is C20H22BrN5O2. The Morgan fingerprint density at radius 2 is 2.04 bits per heavy atom. The smallest absolute Gasteiger partial charge is 0.223 e. The number of aromatic nitrogens is 3. The number of carbonyl (C=O) groups is 1. The fraction of sp³-hybridized carbons (Fsp3) is 0.350. The van der Waals surface area contributed by atoms with E-state index in [0.717, 1.165) is 36.0 Å². The molecule has 0 atom stereocenters. The Morgan fingerprint density at radius 1 is 1.25 bits per heavy atom. The number of halogens is 1. The normalized spacial score (nSPS) is 14.5. The number of phenolic OH excluding ortho intramolecular Hbond substituents is 1. The highest BCUT2D eigenvalue weighted by atomic mass is 79.9. The lowest BCUT2D eigenvalue weighted by Crippen LogP contribution is -2.33. The van der Waals surface area contributed by atoms with E-state index in [-0.39, 0.29) is 17.6 Å². The van der Waals surface area contributed by atoms with Gasteiger partial charge in [-0.1, -0.05) is 25.0 Å². The molecule has 8 heteroatoms. The molecule has 4 rings (SSSR count). The molecule has 0 unspecified atom stereocenters. The van der Waals surface area contributed by atoms with Gasteiger partial charge >= 0.3 is 0 Å². The fourth-order valence-corrected chi connectivity index (χ4v) is 3.95. The van der Waals surface area contributed by atoms with E-state index in [1.807, 2.05) is 18.2 Å². The zero-order chi connectivity index (χ0) is 19.5. The van der Waals surface area contributed by atoms with Crippen LogP contribution in [0.2, 0.25) is 0 Å². The van der Waals surface area contributed by atoms with Crippen LogP contribution in [-0.2, 0) is 4.79 Å². The number of benzene rings is 1. The minimum atomic E-state index is 0.149. The first-order valence-corrected chi connectivity index (χ1v) is 10.3. The van der Waals surface area contributed by atoms with Crippen LogP contribution in [0.3, 0.4) is 0 Å². The first-order valence-electron chi connectivity index (χ1n) is 9.47. The Morgan fingerprint density at radius 3 is 2.82 bits per heavy atom. The summed E-state index contributed by atoms with van der Waals surface area (Å²) in [5, 5.41) is 20.9. The van der Waals surface area contributed by atoms with Gasteiger partial charge in [0.2, 0.25) is 5.91 Å². The van der Waals surface area contributed by atoms with Crippen molar-refractivity contribution in [2.75, 3.05) is 18.4 Å². The molecule has 0 aliphatic heterocycles. The van der Waals surface area contributed by atoms with Crippen molar-refractivity contribution in [2.45, 2.75) is 25.7 Å². The molecule has 1 aromatic carbocycles. The van der Waals surface area contributed by atoms with Crippen LogP contribution >= 0.6 is 15.9 Å². The molecule has 2 aromatic heterocycles. The summed E-state index contributed by atoms with van der Waals surface area (Å²) in [6, 6.07) is 8.94. The monoisotopic (exact) mass is 443 g/mol. The van der Waals surface area contributed by atoms with Crippen LogP contribution in [0.4, 0.5) is 5.82 Å². The molecule has 1 aliphatic rings. The number of nitrogens with zero attached hydrogens (tertiary/aromatic N) is 3. The summed E-state index contributed by atoms with van der Waals surface area (Å²) >= 11 is 3.47. The molecule has 28 heavy (non-hydrogen) atoms. The predicted molar refractivity (Wildman–Crippen MR) is 111 cm³/mol. The van der Waals surface area contributed by atoms with E-state index in [2.05, 4.69) is 36.6 Å². The Balaban J connectivity index is 1.51. The number of para-hydroxylation sites is 1. The Hall–Kier alpha value is -2.61. The van der Waals surface area contributed by atoms with E-state index >= 15 is 0 Å². The average Bonchev–Trinajstić information content (AvgIpc) is 3.36. The van der Waals surface area contributed by atoms with Gasteiger partial charge in [-0.15, -0.1) is 0 Å². The number of amides is 1. The Labute approximate surface area is 171 Å². The molecule has 3 N–H and O–H groups in total. The van der Waals surface area contributed by atoms with Crippen molar-refractivity contribution in [1.82, 2.24) is 19.9 Å².